The highest BCUT2D eigenvalue weighted by atomic mass is 16.7. The van der Waals surface area contributed by atoms with Crippen LogP contribution in [0.2, 0.25) is 0 Å². The van der Waals surface area contributed by atoms with Crippen molar-refractivity contribution in [2.24, 2.45) is 4.99 Å². The van der Waals surface area contributed by atoms with Gasteiger partial charge in [0.2, 0.25) is 0 Å². The van der Waals surface area contributed by atoms with E-state index in [0.29, 0.717) is 46.8 Å². The number of rotatable bonds is 10. The summed E-state index contributed by atoms with van der Waals surface area (Å²) in [5.41, 5.74) is 1.84. The molecule has 2 aliphatic rings. The van der Waals surface area contributed by atoms with Gasteiger partial charge in [0, 0.05) is 6.08 Å². The summed E-state index contributed by atoms with van der Waals surface area (Å²) < 4.78 is 22.6. The summed E-state index contributed by atoms with van der Waals surface area (Å²) in [6.07, 6.45) is 5.76. The molecule has 2 aromatic carbocycles. The standard InChI is InChI=1S/C27H27N3O6/c1-5-6-18-7-9-21(23(15-18)32-3)34-11-12-35-22-10-8-19(16-24(22)33-4)14-20-26(28)30-25(29-27(20)31)13-17(2)36-30/h5,7-10,13-16,28H,1,6,11-12H2,2-4H3/b20-14+,28-26?. The van der Waals surface area contributed by atoms with Gasteiger partial charge in [0.25, 0.3) is 5.91 Å². The van der Waals surface area contributed by atoms with Crippen LogP contribution in [0.4, 0.5) is 0 Å². The smallest absolute Gasteiger partial charge is 0.282 e. The molecule has 186 valence electrons. The zero-order valence-electron chi connectivity index (χ0n) is 20.4. The van der Waals surface area contributed by atoms with Crippen LogP contribution in [-0.4, -0.2) is 50.1 Å². The van der Waals surface area contributed by atoms with E-state index in [1.807, 2.05) is 24.3 Å². The summed E-state index contributed by atoms with van der Waals surface area (Å²) in [6.45, 7) is 6.05. The van der Waals surface area contributed by atoms with E-state index in [1.54, 1.807) is 44.4 Å². The third-order valence-corrected chi connectivity index (χ3v) is 5.39. The molecule has 0 aliphatic carbocycles. The summed E-state index contributed by atoms with van der Waals surface area (Å²) in [7, 11) is 3.13. The second-order valence-electron chi connectivity index (χ2n) is 7.91. The normalized spacial score (nSPS) is 15.6. The van der Waals surface area contributed by atoms with Crippen LogP contribution < -0.4 is 18.9 Å². The summed E-state index contributed by atoms with van der Waals surface area (Å²) in [5, 5.41) is 9.56. The number of hydrogen-bond donors (Lipinski definition) is 1. The average Bonchev–Trinajstić information content (AvgIpc) is 3.25. The van der Waals surface area contributed by atoms with Crippen molar-refractivity contribution in [2.75, 3.05) is 27.4 Å². The fourth-order valence-electron chi connectivity index (χ4n) is 3.69. The van der Waals surface area contributed by atoms with Crippen molar-refractivity contribution < 1.29 is 28.6 Å². The van der Waals surface area contributed by atoms with Gasteiger partial charge in [0.1, 0.15) is 19.0 Å². The van der Waals surface area contributed by atoms with E-state index in [0.717, 1.165) is 12.0 Å². The number of carbonyl (C=O) groups excluding carboxylic acids is 1. The van der Waals surface area contributed by atoms with E-state index >= 15 is 0 Å². The van der Waals surface area contributed by atoms with E-state index in [1.165, 1.54) is 12.2 Å². The van der Waals surface area contributed by atoms with Crippen molar-refractivity contribution in [1.82, 2.24) is 5.06 Å². The molecule has 0 unspecified atom stereocenters. The molecule has 1 N–H and O–H groups in total. The summed E-state index contributed by atoms with van der Waals surface area (Å²) in [6, 6.07) is 11.0. The quantitative estimate of drug-likeness (QED) is 0.301. The molecule has 1 amide bonds. The number of hydroxylamine groups is 2. The van der Waals surface area contributed by atoms with Gasteiger partial charge in [-0.05, 0) is 54.8 Å². The summed E-state index contributed by atoms with van der Waals surface area (Å²) >= 11 is 0. The van der Waals surface area contributed by atoms with Gasteiger partial charge >= 0.3 is 0 Å². The highest BCUT2D eigenvalue weighted by Gasteiger charge is 2.34. The molecule has 4 rings (SSSR count). The third kappa shape index (κ3) is 5.25. The number of ether oxygens (including phenoxy) is 4. The van der Waals surface area contributed by atoms with Gasteiger partial charge in [-0.15, -0.1) is 11.6 Å². The Balaban J connectivity index is 1.40. The molecule has 2 aromatic rings. The fraction of sp³-hybridized carbons (Fsp3) is 0.222. The molecule has 2 aliphatic heterocycles. The molecule has 2 heterocycles. The molecule has 0 aromatic heterocycles. The number of amides is 1. The largest absolute Gasteiger partial charge is 0.493 e. The number of carbonyl (C=O) groups is 1. The number of fused-ring (bicyclic) bond motifs is 1. The van der Waals surface area contributed by atoms with Crippen molar-refractivity contribution in [2.45, 2.75) is 13.3 Å². The van der Waals surface area contributed by atoms with Gasteiger partial charge in [-0.3, -0.25) is 10.2 Å². The van der Waals surface area contributed by atoms with Crippen LogP contribution in [0.3, 0.4) is 0 Å². The van der Waals surface area contributed by atoms with E-state index < -0.39 is 5.91 Å². The fourth-order valence-corrected chi connectivity index (χ4v) is 3.69. The lowest BCUT2D eigenvalue weighted by Gasteiger charge is -2.23. The number of methoxy groups -OCH3 is 2. The van der Waals surface area contributed by atoms with Crippen LogP contribution in [0, 0.1) is 5.41 Å². The molecule has 9 heteroatoms. The second-order valence-corrected chi connectivity index (χ2v) is 7.91. The Morgan fingerprint density at radius 3 is 2.36 bits per heavy atom. The summed E-state index contributed by atoms with van der Waals surface area (Å²) in [5.74, 6) is 2.54. The number of aliphatic imine (C=N–C) groups is 1. The van der Waals surface area contributed by atoms with E-state index in [9.17, 15) is 4.79 Å². The zero-order valence-corrected chi connectivity index (χ0v) is 20.4. The Morgan fingerprint density at radius 1 is 1.03 bits per heavy atom. The highest BCUT2D eigenvalue weighted by molar-refractivity contribution is 6.32. The molecule has 0 fully saturated rings. The van der Waals surface area contributed by atoms with Crippen LogP contribution in [0.1, 0.15) is 18.1 Å². The predicted molar refractivity (Wildman–Crippen MR) is 136 cm³/mol. The van der Waals surface area contributed by atoms with Gasteiger partial charge < -0.3 is 23.8 Å². The van der Waals surface area contributed by atoms with E-state index in [4.69, 9.17) is 29.2 Å². The Labute approximate surface area is 209 Å². The van der Waals surface area contributed by atoms with Crippen LogP contribution in [0.25, 0.3) is 6.08 Å². The lowest BCUT2D eigenvalue weighted by Crippen LogP contribution is -2.38. The number of hydrogen-bond acceptors (Lipinski definition) is 7. The van der Waals surface area contributed by atoms with Crippen LogP contribution in [0.5, 0.6) is 23.0 Å². The topological polar surface area (TPSA) is 103 Å². The molecule has 0 saturated heterocycles. The van der Waals surface area contributed by atoms with Gasteiger partial charge in [-0.25, -0.2) is 0 Å². The lowest BCUT2D eigenvalue weighted by atomic mass is 10.1. The first kappa shape index (κ1) is 24.6. The first-order valence-electron chi connectivity index (χ1n) is 11.2. The van der Waals surface area contributed by atoms with Gasteiger partial charge in [-0.2, -0.15) is 4.99 Å². The molecule has 36 heavy (non-hydrogen) atoms. The maximum atomic E-state index is 12.5. The minimum Gasteiger partial charge on any atom is -0.493 e. The monoisotopic (exact) mass is 489 g/mol. The first-order chi connectivity index (χ1) is 17.4. The maximum Gasteiger partial charge on any atom is 0.282 e. The maximum absolute atomic E-state index is 12.5. The molecule has 9 nitrogen and oxygen atoms in total. The Bertz CT molecular complexity index is 1290. The minimum absolute atomic E-state index is 0.0810. The third-order valence-electron chi connectivity index (χ3n) is 5.39. The van der Waals surface area contributed by atoms with Crippen molar-refractivity contribution in [1.29, 1.82) is 5.41 Å². The number of nitrogens with zero attached hydrogens (tertiary/aromatic N) is 2. The Morgan fingerprint density at radius 2 is 1.69 bits per heavy atom. The number of amidine groups is 2. The van der Waals surface area contributed by atoms with Gasteiger partial charge in [-0.1, -0.05) is 18.2 Å². The van der Waals surface area contributed by atoms with Crippen molar-refractivity contribution in [3.05, 3.63) is 77.6 Å². The SMILES string of the molecule is C=CCc1ccc(OCCOc2ccc(/C=C3\C(=N)N4OC(C)=CC4=NC3=O)cc2OC)c(OC)c1. The lowest BCUT2D eigenvalue weighted by molar-refractivity contribution is -0.114. The molecule has 0 bridgehead atoms. The Kier molecular flexibility index (Phi) is 7.39. The number of benzene rings is 2. The average molecular weight is 490 g/mol. The molecular formula is C27H27N3O6. The van der Waals surface area contributed by atoms with Crippen LogP contribution >= 0.6 is 0 Å². The van der Waals surface area contributed by atoms with E-state index in [2.05, 4.69) is 11.6 Å². The van der Waals surface area contributed by atoms with Crippen molar-refractivity contribution >= 4 is 23.7 Å². The molecular weight excluding hydrogens is 462 g/mol. The molecule has 0 spiro atoms. The summed E-state index contributed by atoms with van der Waals surface area (Å²) in [4.78, 5) is 21.9. The highest BCUT2D eigenvalue weighted by Crippen LogP contribution is 2.31. The van der Waals surface area contributed by atoms with Crippen LogP contribution in [-0.2, 0) is 16.1 Å². The number of nitrogens with one attached hydrogen (secondary N) is 1. The van der Waals surface area contributed by atoms with Crippen molar-refractivity contribution in [3.8, 4) is 23.0 Å². The molecule has 0 radical (unpaired) electrons. The first-order valence-corrected chi connectivity index (χ1v) is 11.2. The molecule has 0 saturated carbocycles. The molecule has 0 atom stereocenters. The predicted octanol–water partition coefficient (Wildman–Crippen LogP) is 4.34. The van der Waals surface area contributed by atoms with E-state index in [-0.39, 0.29) is 18.0 Å². The second kappa shape index (κ2) is 10.8. The van der Waals surface area contributed by atoms with Gasteiger partial charge in [0.15, 0.2) is 34.7 Å². The number of allylic oxidation sites excluding steroid dienone is 2. The minimum atomic E-state index is -0.509. The Hall–Kier alpha value is -4.53. The van der Waals surface area contributed by atoms with Crippen molar-refractivity contribution in [3.63, 3.8) is 0 Å². The zero-order chi connectivity index (χ0) is 25.7. The van der Waals surface area contributed by atoms with Gasteiger partial charge in [0.05, 0.1) is 19.8 Å². The van der Waals surface area contributed by atoms with Crippen LogP contribution in [0.15, 0.2) is 71.5 Å².